The molecule has 0 aliphatic heterocycles. The molecule has 1 aromatic rings. The van der Waals surface area contributed by atoms with Crippen LogP contribution in [0.2, 0.25) is 0 Å². The molecule has 1 N–H and O–H groups in total. The Morgan fingerprint density at radius 1 is 1.25 bits per heavy atom. The summed E-state index contributed by atoms with van der Waals surface area (Å²) in [5.41, 5.74) is 1.51. The third-order valence-corrected chi connectivity index (χ3v) is 2.02. The molecule has 2 nitrogen and oxygen atoms in total. The summed E-state index contributed by atoms with van der Waals surface area (Å²) in [6, 6.07) is 7.84. The maximum atomic E-state index is 8.67. The van der Waals surface area contributed by atoms with Crippen molar-refractivity contribution in [3.63, 3.8) is 0 Å². The predicted octanol–water partition coefficient (Wildman–Crippen LogP) is 2.72. The Labute approximate surface area is 72.7 Å². The van der Waals surface area contributed by atoms with Crippen molar-refractivity contribution in [2.45, 2.75) is 26.4 Å². The van der Waals surface area contributed by atoms with Crippen molar-refractivity contribution in [3.8, 4) is 0 Å². The van der Waals surface area contributed by atoms with Gasteiger partial charge in [-0.2, -0.15) is 0 Å². The van der Waals surface area contributed by atoms with Crippen molar-refractivity contribution in [2.24, 2.45) is 0 Å². The van der Waals surface area contributed by atoms with Crippen LogP contribution in [0.5, 0.6) is 0 Å². The average Bonchev–Trinajstić information content (AvgIpc) is 2.05. The summed E-state index contributed by atoms with van der Waals surface area (Å²) in [4.78, 5) is 4.40. The molecule has 1 aromatic carbocycles. The van der Waals surface area contributed by atoms with Crippen molar-refractivity contribution >= 4 is 0 Å². The number of hydrogen-bond acceptors (Lipinski definition) is 2. The summed E-state index contributed by atoms with van der Waals surface area (Å²) in [5.74, 6) is 0. The highest BCUT2D eigenvalue weighted by Gasteiger charge is 2.22. The van der Waals surface area contributed by atoms with Crippen molar-refractivity contribution < 1.29 is 10.1 Å². The predicted molar refractivity (Wildman–Crippen MR) is 47.9 cm³/mol. The lowest BCUT2D eigenvalue weighted by Crippen LogP contribution is -2.20. The lowest BCUT2D eigenvalue weighted by molar-refractivity contribution is -0.318. The Bertz CT molecular complexity index is 266. The van der Waals surface area contributed by atoms with Gasteiger partial charge in [0.1, 0.15) is 5.60 Å². The van der Waals surface area contributed by atoms with Crippen LogP contribution in [0.3, 0.4) is 0 Å². The molecule has 0 aliphatic carbocycles. The maximum absolute atomic E-state index is 8.67. The van der Waals surface area contributed by atoms with E-state index >= 15 is 0 Å². The van der Waals surface area contributed by atoms with E-state index in [0.29, 0.717) is 0 Å². The molecule has 0 atom stereocenters. The second kappa shape index (κ2) is 3.25. The number of rotatable bonds is 2. The number of aryl methyl sites for hydroxylation is 1. The van der Waals surface area contributed by atoms with E-state index in [2.05, 4.69) is 4.89 Å². The van der Waals surface area contributed by atoms with Gasteiger partial charge in [0.05, 0.1) is 0 Å². The summed E-state index contributed by atoms with van der Waals surface area (Å²) >= 11 is 0. The highest BCUT2D eigenvalue weighted by Crippen LogP contribution is 2.25. The first-order valence-corrected chi connectivity index (χ1v) is 3.96. The van der Waals surface area contributed by atoms with Gasteiger partial charge < -0.3 is 0 Å². The lowest BCUT2D eigenvalue weighted by atomic mass is 9.94. The highest BCUT2D eigenvalue weighted by molar-refractivity contribution is 5.30. The molecule has 0 saturated carbocycles. The Kier molecular flexibility index (Phi) is 2.50. The van der Waals surface area contributed by atoms with Crippen LogP contribution < -0.4 is 0 Å². The van der Waals surface area contributed by atoms with E-state index in [0.717, 1.165) is 11.1 Å². The van der Waals surface area contributed by atoms with Crippen molar-refractivity contribution in [1.82, 2.24) is 0 Å². The Morgan fingerprint density at radius 3 is 2.33 bits per heavy atom. The fraction of sp³-hybridized carbons (Fsp3) is 0.400. The molecule has 0 aliphatic rings. The maximum Gasteiger partial charge on any atom is 0.123 e. The molecular formula is C10H14O2. The van der Waals surface area contributed by atoms with E-state index in [9.17, 15) is 0 Å². The third-order valence-electron chi connectivity index (χ3n) is 2.02. The van der Waals surface area contributed by atoms with E-state index in [1.807, 2.05) is 45.0 Å². The van der Waals surface area contributed by atoms with Gasteiger partial charge in [-0.15, -0.1) is 0 Å². The summed E-state index contributed by atoms with van der Waals surface area (Å²) in [6.45, 7) is 5.65. The molecule has 0 saturated heterocycles. The minimum absolute atomic E-state index is 0.620. The summed E-state index contributed by atoms with van der Waals surface area (Å²) in [5, 5.41) is 8.67. The minimum atomic E-state index is -0.620. The molecule has 0 unspecified atom stereocenters. The van der Waals surface area contributed by atoms with Gasteiger partial charge in [0, 0.05) is 0 Å². The zero-order chi connectivity index (χ0) is 9.19. The topological polar surface area (TPSA) is 29.5 Å². The first-order chi connectivity index (χ1) is 5.58. The molecular weight excluding hydrogens is 152 g/mol. The van der Waals surface area contributed by atoms with E-state index < -0.39 is 5.60 Å². The number of benzene rings is 1. The summed E-state index contributed by atoms with van der Waals surface area (Å²) < 4.78 is 0. The quantitative estimate of drug-likeness (QED) is 0.540. The van der Waals surface area contributed by atoms with Crippen LogP contribution in [0.1, 0.15) is 25.0 Å². The monoisotopic (exact) mass is 166 g/mol. The van der Waals surface area contributed by atoms with E-state index in [-0.39, 0.29) is 0 Å². The molecule has 0 amide bonds. The van der Waals surface area contributed by atoms with Crippen LogP contribution in [0.4, 0.5) is 0 Å². The van der Waals surface area contributed by atoms with E-state index in [1.165, 1.54) is 0 Å². The van der Waals surface area contributed by atoms with Crippen LogP contribution in [-0.2, 0) is 10.5 Å². The van der Waals surface area contributed by atoms with Crippen LogP contribution in [0.15, 0.2) is 24.3 Å². The van der Waals surface area contributed by atoms with Gasteiger partial charge in [-0.05, 0) is 31.9 Å². The van der Waals surface area contributed by atoms with Gasteiger partial charge in [0.25, 0.3) is 0 Å². The molecule has 0 bridgehead atoms. The fourth-order valence-electron chi connectivity index (χ4n) is 1.30. The zero-order valence-electron chi connectivity index (χ0n) is 7.66. The second-order valence-electron chi connectivity index (χ2n) is 3.42. The molecule has 0 heterocycles. The molecule has 12 heavy (non-hydrogen) atoms. The first kappa shape index (κ1) is 9.23. The largest absolute Gasteiger partial charge is 0.251 e. The summed E-state index contributed by atoms with van der Waals surface area (Å²) in [6.07, 6.45) is 0. The average molecular weight is 166 g/mol. The Balaban J connectivity index is 3.10. The SMILES string of the molecule is Cc1ccccc1C(C)(C)OO. The van der Waals surface area contributed by atoms with Crippen LogP contribution in [-0.4, -0.2) is 5.26 Å². The zero-order valence-corrected chi connectivity index (χ0v) is 7.66. The smallest absolute Gasteiger partial charge is 0.123 e. The molecule has 0 spiro atoms. The van der Waals surface area contributed by atoms with Crippen molar-refractivity contribution in [2.75, 3.05) is 0 Å². The van der Waals surface area contributed by atoms with Gasteiger partial charge >= 0.3 is 0 Å². The molecule has 66 valence electrons. The number of hydrogen-bond donors (Lipinski definition) is 1. The Morgan fingerprint density at radius 2 is 1.83 bits per heavy atom. The van der Waals surface area contributed by atoms with E-state index in [4.69, 9.17) is 5.26 Å². The molecule has 0 fully saturated rings. The van der Waals surface area contributed by atoms with Gasteiger partial charge in [-0.1, -0.05) is 24.3 Å². The normalized spacial score (nSPS) is 11.7. The highest BCUT2D eigenvalue weighted by atomic mass is 17.1. The molecule has 1 rings (SSSR count). The van der Waals surface area contributed by atoms with Crippen LogP contribution >= 0.6 is 0 Å². The van der Waals surface area contributed by atoms with Crippen LogP contribution in [0.25, 0.3) is 0 Å². The van der Waals surface area contributed by atoms with Gasteiger partial charge in [0.15, 0.2) is 0 Å². The second-order valence-corrected chi connectivity index (χ2v) is 3.42. The van der Waals surface area contributed by atoms with Gasteiger partial charge in [0.2, 0.25) is 0 Å². The molecule has 0 radical (unpaired) electrons. The standard InChI is InChI=1S/C10H14O2/c1-8-6-4-5-7-9(8)10(2,3)12-11/h4-7,11H,1-3H3. The Hall–Kier alpha value is -0.860. The minimum Gasteiger partial charge on any atom is -0.251 e. The van der Waals surface area contributed by atoms with Crippen molar-refractivity contribution in [1.29, 1.82) is 0 Å². The van der Waals surface area contributed by atoms with Gasteiger partial charge in [-0.3, -0.25) is 5.26 Å². The molecule has 2 heteroatoms. The van der Waals surface area contributed by atoms with Crippen LogP contribution in [0, 0.1) is 6.92 Å². The van der Waals surface area contributed by atoms with E-state index in [1.54, 1.807) is 0 Å². The fourth-order valence-corrected chi connectivity index (χ4v) is 1.30. The van der Waals surface area contributed by atoms with Gasteiger partial charge in [-0.25, -0.2) is 4.89 Å². The first-order valence-electron chi connectivity index (χ1n) is 3.96. The molecule has 0 aromatic heterocycles. The third kappa shape index (κ3) is 1.65. The lowest BCUT2D eigenvalue weighted by Gasteiger charge is -2.22. The van der Waals surface area contributed by atoms with Crippen molar-refractivity contribution in [3.05, 3.63) is 35.4 Å². The summed E-state index contributed by atoms with van der Waals surface area (Å²) in [7, 11) is 0.